The average Bonchev–Trinajstić information content (AvgIpc) is 2.29. The Morgan fingerprint density at radius 2 is 2.38 bits per heavy atom. The monoisotopic (exact) mass is 247 g/mol. The summed E-state index contributed by atoms with van der Waals surface area (Å²) in [5.74, 6) is 0. The maximum Gasteiger partial charge on any atom is 0.0707 e. The van der Waals surface area contributed by atoms with Crippen molar-refractivity contribution in [3.8, 4) is 0 Å². The smallest absolute Gasteiger partial charge is 0.0707 e. The fourth-order valence-electron chi connectivity index (χ4n) is 1.59. The zero-order chi connectivity index (χ0) is 9.90. The molecule has 13 heavy (non-hydrogen) atoms. The normalized spacial score (nSPS) is 26.2. The third kappa shape index (κ3) is 4.25. The number of nitrogens with one attached hydrogen (secondary N) is 1. The highest BCUT2D eigenvalue weighted by Crippen LogP contribution is 2.28. The van der Waals surface area contributed by atoms with Gasteiger partial charge in [-0.1, -0.05) is 22.5 Å². The van der Waals surface area contributed by atoms with Gasteiger partial charge in [0.2, 0.25) is 0 Å². The lowest BCUT2D eigenvalue weighted by Gasteiger charge is -2.19. The van der Waals surface area contributed by atoms with E-state index >= 15 is 0 Å². The molecule has 1 saturated heterocycles. The van der Waals surface area contributed by atoms with Crippen LogP contribution < -0.4 is 5.32 Å². The minimum absolute atomic E-state index is 0.0811. The molecule has 0 radical (unpaired) electrons. The number of hydrogen-bond acceptors (Lipinski definition) is 2. The van der Waals surface area contributed by atoms with E-state index in [1.807, 2.05) is 0 Å². The first kappa shape index (κ1) is 11.2. The van der Waals surface area contributed by atoms with E-state index in [0.717, 1.165) is 30.4 Å². The fourth-order valence-corrected chi connectivity index (χ4v) is 1.79. The average molecular weight is 248 g/mol. The van der Waals surface area contributed by atoms with E-state index in [4.69, 9.17) is 4.74 Å². The van der Waals surface area contributed by atoms with Gasteiger partial charge < -0.3 is 10.1 Å². The summed E-state index contributed by atoms with van der Waals surface area (Å²) >= 11 is 3.31. The second-order valence-corrected chi connectivity index (χ2v) is 5.31. The summed E-state index contributed by atoms with van der Waals surface area (Å²) in [6.45, 7) is 9.80. The van der Waals surface area contributed by atoms with Gasteiger partial charge in [-0.15, -0.1) is 0 Å². The Kier molecular flexibility index (Phi) is 3.95. The molecule has 0 aromatic rings. The maximum atomic E-state index is 5.82. The van der Waals surface area contributed by atoms with E-state index < -0.39 is 0 Å². The van der Waals surface area contributed by atoms with Gasteiger partial charge in [0.15, 0.2) is 0 Å². The van der Waals surface area contributed by atoms with Crippen LogP contribution in [0.5, 0.6) is 0 Å². The molecular formula is C10H18BrNO. The van der Waals surface area contributed by atoms with E-state index in [1.165, 1.54) is 0 Å². The Hall–Kier alpha value is 0.140. The number of rotatable bonds is 4. The van der Waals surface area contributed by atoms with Crippen LogP contribution in [0.1, 0.15) is 26.7 Å². The van der Waals surface area contributed by atoms with Gasteiger partial charge in [-0.2, -0.15) is 0 Å². The van der Waals surface area contributed by atoms with Gasteiger partial charge in [-0.3, -0.25) is 0 Å². The summed E-state index contributed by atoms with van der Waals surface area (Å²) in [7, 11) is 0. The lowest BCUT2D eigenvalue weighted by Crippen LogP contribution is -2.29. The summed E-state index contributed by atoms with van der Waals surface area (Å²) in [6.07, 6.45) is 2.70. The summed E-state index contributed by atoms with van der Waals surface area (Å²) in [4.78, 5) is 0. The third-order valence-corrected chi connectivity index (χ3v) is 2.52. The molecule has 1 aliphatic rings. The molecule has 1 aliphatic heterocycles. The van der Waals surface area contributed by atoms with Crippen molar-refractivity contribution < 1.29 is 4.74 Å². The Balaban J connectivity index is 2.14. The number of ether oxygens (including phenoxy) is 1. The number of hydrogen-bond donors (Lipinski definition) is 1. The van der Waals surface area contributed by atoms with Crippen molar-refractivity contribution in [2.24, 2.45) is 0 Å². The second kappa shape index (κ2) is 4.58. The van der Waals surface area contributed by atoms with E-state index in [-0.39, 0.29) is 5.60 Å². The SMILES string of the molecule is C=C(Br)CNCC1CCC(C)(C)O1. The molecule has 0 saturated carbocycles. The molecule has 1 N–H and O–H groups in total. The van der Waals surface area contributed by atoms with Gasteiger partial charge >= 0.3 is 0 Å². The Morgan fingerprint density at radius 1 is 1.69 bits per heavy atom. The lowest BCUT2D eigenvalue weighted by atomic mass is 10.1. The van der Waals surface area contributed by atoms with Crippen molar-refractivity contribution in [2.75, 3.05) is 13.1 Å². The molecular weight excluding hydrogens is 230 g/mol. The molecule has 1 fully saturated rings. The summed E-state index contributed by atoms with van der Waals surface area (Å²) in [5.41, 5.74) is 0.0811. The molecule has 1 heterocycles. The van der Waals surface area contributed by atoms with E-state index in [2.05, 4.69) is 41.7 Å². The van der Waals surface area contributed by atoms with Gasteiger partial charge in [0.1, 0.15) is 0 Å². The molecule has 0 aromatic heterocycles. The van der Waals surface area contributed by atoms with Crippen LogP contribution in [0.4, 0.5) is 0 Å². The van der Waals surface area contributed by atoms with Crippen molar-refractivity contribution in [1.29, 1.82) is 0 Å². The van der Waals surface area contributed by atoms with E-state index in [1.54, 1.807) is 0 Å². The molecule has 0 aliphatic carbocycles. The third-order valence-electron chi connectivity index (χ3n) is 2.24. The molecule has 1 unspecified atom stereocenters. The highest BCUT2D eigenvalue weighted by Gasteiger charge is 2.30. The molecule has 1 atom stereocenters. The highest BCUT2D eigenvalue weighted by molar-refractivity contribution is 9.11. The van der Waals surface area contributed by atoms with Crippen LogP contribution >= 0.6 is 15.9 Å². The van der Waals surface area contributed by atoms with Crippen molar-refractivity contribution in [2.45, 2.75) is 38.4 Å². The molecule has 0 amide bonds. The van der Waals surface area contributed by atoms with Crippen molar-refractivity contribution in [1.82, 2.24) is 5.32 Å². The fraction of sp³-hybridized carbons (Fsp3) is 0.800. The Bertz CT molecular complexity index is 191. The van der Waals surface area contributed by atoms with Crippen molar-refractivity contribution in [3.63, 3.8) is 0 Å². The largest absolute Gasteiger partial charge is 0.371 e. The van der Waals surface area contributed by atoms with Gasteiger partial charge in [0.25, 0.3) is 0 Å². The van der Waals surface area contributed by atoms with Crippen LogP contribution in [-0.4, -0.2) is 24.8 Å². The zero-order valence-corrected chi connectivity index (χ0v) is 9.99. The first-order chi connectivity index (χ1) is 5.99. The molecule has 0 spiro atoms. The molecule has 1 rings (SSSR count). The van der Waals surface area contributed by atoms with Crippen LogP contribution in [0.25, 0.3) is 0 Å². The Morgan fingerprint density at radius 3 is 2.85 bits per heavy atom. The van der Waals surface area contributed by atoms with E-state index in [0.29, 0.717) is 6.10 Å². The van der Waals surface area contributed by atoms with Crippen LogP contribution in [0, 0.1) is 0 Å². The quantitative estimate of drug-likeness (QED) is 0.825. The molecule has 0 aromatic carbocycles. The van der Waals surface area contributed by atoms with Gasteiger partial charge in [-0.05, 0) is 26.7 Å². The first-order valence-electron chi connectivity index (χ1n) is 4.71. The Labute approximate surface area is 88.9 Å². The maximum absolute atomic E-state index is 5.82. The van der Waals surface area contributed by atoms with Crippen LogP contribution in [0.15, 0.2) is 11.1 Å². The molecule has 3 heteroatoms. The second-order valence-electron chi connectivity index (χ2n) is 4.19. The summed E-state index contributed by atoms with van der Waals surface area (Å²) in [5, 5.41) is 3.29. The molecule has 76 valence electrons. The minimum atomic E-state index is 0.0811. The van der Waals surface area contributed by atoms with Crippen molar-refractivity contribution >= 4 is 15.9 Å². The van der Waals surface area contributed by atoms with Crippen LogP contribution in [0.2, 0.25) is 0 Å². The lowest BCUT2D eigenvalue weighted by molar-refractivity contribution is -0.0138. The van der Waals surface area contributed by atoms with E-state index in [9.17, 15) is 0 Å². The van der Waals surface area contributed by atoms with Gasteiger partial charge in [-0.25, -0.2) is 0 Å². The van der Waals surface area contributed by atoms with Crippen molar-refractivity contribution in [3.05, 3.63) is 11.1 Å². The predicted molar refractivity (Wildman–Crippen MR) is 59.1 cm³/mol. The summed E-state index contributed by atoms with van der Waals surface area (Å²) < 4.78 is 6.81. The zero-order valence-electron chi connectivity index (χ0n) is 8.40. The van der Waals surface area contributed by atoms with Gasteiger partial charge in [0, 0.05) is 17.6 Å². The highest BCUT2D eigenvalue weighted by atomic mass is 79.9. The number of halogens is 1. The topological polar surface area (TPSA) is 21.3 Å². The van der Waals surface area contributed by atoms with Crippen LogP contribution in [-0.2, 0) is 4.74 Å². The predicted octanol–water partition coefficient (Wildman–Crippen LogP) is 2.44. The molecule has 2 nitrogen and oxygen atoms in total. The van der Waals surface area contributed by atoms with Crippen LogP contribution in [0.3, 0.4) is 0 Å². The minimum Gasteiger partial charge on any atom is -0.371 e. The summed E-state index contributed by atoms with van der Waals surface area (Å²) in [6, 6.07) is 0. The first-order valence-corrected chi connectivity index (χ1v) is 5.51. The van der Waals surface area contributed by atoms with Gasteiger partial charge in [0.05, 0.1) is 11.7 Å². The standard InChI is InChI=1S/C10H18BrNO/c1-8(11)6-12-7-9-4-5-10(2,3)13-9/h9,12H,1,4-7H2,2-3H3. The molecule has 0 bridgehead atoms.